The van der Waals surface area contributed by atoms with E-state index in [1.165, 1.54) is 0 Å². The summed E-state index contributed by atoms with van der Waals surface area (Å²) in [5, 5.41) is 0.804. The van der Waals surface area contributed by atoms with Gasteiger partial charge < -0.3 is 4.74 Å². The van der Waals surface area contributed by atoms with Crippen LogP contribution in [0.4, 0.5) is 0 Å². The van der Waals surface area contributed by atoms with Crippen LogP contribution in [0.1, 0.15) is 20.8 Å². The highest BCUT2D eigenvalue weighted by molar-refractivity contribution is 6.46. The van der Waals surface area contributed by atoms with Crippen LogP contribution in [0.3, 0.4) is 0 Å². The summed E-state index contributed by atoms with van der Waals surface area (Å²) in [6.07, 6.45) is 0. The first-order valence-electron chi connectivity index (χ1n) is 5.72. The van der Waals surface area contributed by atoms with E-state index in [0.29, 0.717) is 32.7 Å². The molecular weight excluding hydrogens is 397 g/mol. The van der Waals surface area contributed by atoms with Gasteiger partial charge in [0.25, 0.3) is 0 Å². The van der Waals surface area contributed by atoms with Gasteiger partial charge in [0.2, 0.25) is 0 Å². The van der Waals surface area contributed by atoms with Crippen molar-refractivity contribution in [2.75, 3.05) is 0 Å². The lowest BCUT2D eigenvalue weighted by Gasteiger charge is -2.17. The molecule has 0 amide bonds. The molecule has 0 aliphatic carbocycles. The average molecular weight is 405 g/mol. The van der Waals surface area contributed by atoms with Gasteiger partial charge >= 0.3 is 0 Å². The molecule has 2 rings (SSSR count). The van der Waals surface area contributed by atoms with Crippen LogP contribution < -0.4 is 4.74 Å². The Hall–Kier alpha value is -0.0200. The highest BCUT2D eigenvalue weighted by Crippen LogP contribution is 2.44. The Labute approximate surface area is 152 Å². The van der Waals surface area contributed by atoms with E-state index in [2.05, 4.69) is 0 Å². The first-order valence-corrected chi connectivity index (χ1v) is 8.23. The molecular formula is C14H8Cl6O. The molecule has 0 aliphatic heterocycles. The number of hydrogen-bond donors (Lipinski definition) is 0. The van der Waals surface area contributed by atoms with Crippen LogP contribution in [0, 0.1) is 0 Å². The molecule has 112 valence electrons. The molecule has 0 saturated heterocycles. The van der Waals surface area contributed by atoms with Gasteiger partial charge in [0.15, 0.2) is 0 Å². The Balaban J connectivity index is 2.49. The number of rotatable bonds is 4. The summed E-state index contributed by atoms with van der Waals surface area (Å²) in [7, 11) is 0. The molecule has 7 heteroatoms. The quantitative estimate of drug-likeness (QED) is 0.473. The Morgan fingerprint density at radius 2 is 1.05 bits per heavy atom. The zero-order valence-electron chi connectivity index (χ0n) is 10.3. The molecule has 0 unspecified atom stereocenters. The zero-order valence-corrected chi connectivity index (χ0v) is 14.8. The van der Waals surface area contributed by atoms with Gasteiger partial charge in [-0.05, 0) is 24.3 Å². The topological polar surface area (TPSA) is 9.23 Å². The van der Waals surface area contributed by atoms with Crippen molar-refractivity contribution in [1.29, 1.82) is 0 Å². The average Bonchev–Trinajstić information content (AvgIpc) is 2.37. The van der Waals surface area contributed by atoms with E-state index >= 15 is 0 Å². The third-order valence-corrected chi connectivity index (χ3v) is 4.21. The highest BCUT2D eigenvalue weighted by Gasteiger charge is 2.20. The van der Waals surface area contributed by atoms with Crippen LogP contribution in [0.25, 0.3) is 0 Å². The van der Waals surface area contributed by atoms with Crippen molar-refractivity contribution in [3.8, 4) is 11.5 Å². The summed E-state index contributed by atoms with van der Waals surface area (Å²) >= 11 is 35.9. The minimum absolute atomic E-state index is 0.402. The standard InChI is InChI=1S/C14H8Cl6O/c15-7-3-1-5-9(11(7)13(17)18)21-10-6-2-4-8(16)12(10)14(19)20/h1-6,13-14H. The van der Waals surface area contributed by atoms with Gasteiger partial charge in [0.05, 0.1) is 10.0 Å². The van der Waals surface area contributed by atoms with E-state index in [4.69, 9.17) is 74.3 Å². The van der Waals surface area contributed by atoms with Crippen LogP contribution in [-0.4, -0.2) is 0 Å². The number of ether oxygens (including phenoxy) is 1. The Bertz CT molecular complexity index is 586. The van der Waals surface area contributed by atoms with Gasteiger partial charge in [-0.3, -0.25) is 0 Å². The van der Waals surface area contributed by atoms with E-state index in [1.807, 2.05) is 0 Å². The number of halogens is 6. The monoisotopic (exact) mass is 402 g/mol. The number of benzene rings is 2. The second kappa shape index (κ2) is 7.50. The van der Waals surface area contributed by atoms with Crippen molar-refractivity contribution >= 4 is 69.6 Å². The van der Waals surface area contributed by atoms with Crippen LogP contribution in [0.5, 0.6) is 11.5 Å². The van der Waals surface area contributed by atoms with Crippen molar-refractivity contribution in [3.63, 3.8) is 0 Å². The molecule has 0 heterocycles. The fourth-order valence-corrected chi connectivity index (χ4v) is 3.43. The van der Waals surface area contributed by atoms with E-state index < -0.39 is 9.67 Å². The van der Waals surface area contributed by atoms with Gasteiger partial charge in [0.1, 0.15) is 21.2 Å². The van der Waals surface area contributed by atoms with Gasteiger partial charge in [-0.1, -0.05) is 81.7 Å². The Morgan fingerprint density at radius 1 is 0.667 bits per heavy atom. The first-order chi connectivity index (χ1) is 9.91. The minimum atomic E-state index is -0.834. The molecule has 21 heavy (non-hydrogen) atoms. The third-order valence-electron chi connectivity index (χ3n) is 2.68. The molecule has 0 spiro atoms. The summed E-state index contributed by atoms with van der Waals surface area (Å²) < 4.78 is 5.82. The lowest BCUT2D eigenvalue weighted by Crippen LogP contribution is -1.96. The van der Waals surface area contributed by atoms with Crippen molar-refractivity contribution < 1.29 is 4.74 Å². The molecule has 0 bridgehead atoms. The summed E-state index contributed by atoms with van der Waals surface area (Å²) in [6.45, 7) is 0. The first kappa shape index (κ1) is 17.3. The SMILES string of the molecule is Clc1cccc(Oc2cccc(Cl)c2C(Cl)Cl)c1C(Cl)Cl. The van der Waals surface area contributed by atoms with Gasteiger partial charge in [-0.25, -0.2) is 0 Å². The molecule has 0 aromatic heterocycles. The van der Waals surface area contributed by atoms with Crippen molar-refractivity contribution in [2.24, 2.45) is 0 Å². The summed E-state index contributed by atoms with van der Waals surface area (Å²) in [5.41, 5.74) is 0.934. The van der Waals surface area contributed by atoms with Crippen molar-refractivity contribution in [3.05, 3.63) is 57.6 Å². The zero-order chi connectivity index (χ0) is 15.6. The van der Waals surface area contributed by atoms with Crippen molar-refractivity contribution in [2.45, 2.75) is 9.67 Å². The number of hydrogen-bond acceptors (Lipinski definition) is 1. The summed E-state index contributed by atoms with van der Waals surface area (Å²) in [6, 6.07) is 10.2. The molecule has 2 aromatic carbocycles. The van der Waals surface area contributed by atoms with Crippen molar-refractivity contribution in [1.82, 2.24) is 0 Å². The summed E-state index contributed by atoms with van der Waals surface area (Å²) in [5.74, 6) is 0.824. The van der Waals surface area contributed by atoms with E-state index in [1.54, 1.807) is 36.4 Å². The van der Waals surface area contributed by atoms with Gasteiger partial charge in [-0.15, -0.1) is 0 Å². The third kappa shape index (κ3) is 4.04. The second-order valence-electron chi connectivity index (χ2n) is 4.01. The lowest BCUT2D eigenvalue weighted by molar-refractivity contribution is 0.473. The van der Waals surface area contributed by atoms with Crippen LogP contribution in [0.2, 0.25) is 10.0 Å². The maximum atomic E-state index is 6.10. The van der Waals surface area contributed by atoms with Gasteiger partial charge in [0, 0.05) is 11.1 Å². The minimum Gasteiger partial charge on any atom is -0.456 e. The lowest BCUT2D eigenvalue weighted by atomic mass is 10.2. The fourth-order valence-electron chi connectivity index (χ4n) is 1.75. The maximum Gasteiger partial charge on any atom is 0.137 e. The molecule has 0 N–H and O–H groups in total. The smallest absolute Gasteiger partial charge is 0.137 e. The van der Waals surface area contributed by atoms with E-state index in [9.17, 15) is 0 Å². The fraction of sp³-hybridized carbons (Fsp3) is 0.143. The predicted octanol–water partition coefficient (Wildman–Crippen LogP) is 7.74. The van der Waals surface area contributed by atoms with Crippen LogP contribution >= 0.6 is 69.6 Å². The van der Waals surface area contributed by atoms with E-state index in [0.717, 1.165) is 0 Å². The Morgan fingerprint density at radius 3 is 1.38 bits per heavy atom. The van der Waals surface area contributed by atoms with E-state index in [-0.39, 0.29) is 0 Å². The highest BCUT2D eigenvalue weighted by atomic mass is 35.5. The van der Waals surface area contributed by atoms with Gasteiger partial charge in [-0.2, -0.15) is 0 Å². The largest absolute Gasteiger partial charge is 0.456 e. The molecule has 2 aromatic rings. The van der Waals surface area contributed by atoms with Crippen LogP contribution in [0.15, 0.2) is 36.4 Å². The number of alkyl halides is 4. The molecule has 0 aliphatic rings. The predicted molar refractivity (Wildman–Crippen MR) is 91.9 cm³/mol. The maximum absolute atomic E-state index is 6.10. The molecule has 0 fully saturated rings. The normalized spacial score (nSPS) is 11.2. The summed E-state index contributed by atoms with van der Waals surface area (Å²) in [4.78, 5) is -1.67. The molecule has 0 atom stereocenters. The molecule has 1 nitrogen and oxygen atoms in total. The second-order valence-corrected chi connectivity index (χ2v) is 7.01. The Kier molecular flexibility index (Phi) is 6.19. The molecule has 0 saturated carbocycles. The van der Waals surface area contributed by atoms with Crippen LogP contribution in [-0.2, 0) is 0 Å². The molecule has 0 radical (unpaired) electrons.